The van der Waals surface area contributed by atoms with E-state index in [0.717, 1.165) is 12.1 Å². The van der Waals surface area contributed by atoms with Gasteiger partial charge in [-0.3, -0.25) is 10.1 Å². The number of sulfonamides is 1. The quantitative estimate of drug-likeness (QED) is 0.266. The summed E-state index contributed by atoms with van der Waals surface area (Å²) in [6, 6.07) is 15.9. The van der Waals surface area contributed by atoms with Crippen molar-refractivity contribution in [3.05, 3.63) is 72.8 Å². The molecule has 3 aromatic carbocycles. The lowest BCUT2D eigenvalue weighted by atomic mass is 10.1. The van der Waals surface area contributed by atoms with Gasteiger partial charge >= 0.3 is 18.4 Å². The molecular weight excluding hydrogens is 577 g/mol. The van der Waals surface area contributed by atoms with E-state index in [0.29, 0.717) is 11.1 Å². The van der Waals surface area contributed by atoms with Gasteiger partial charge in [0.1, 0.15) is 23.1 Å². The zero-order valence-corrected chi connectivity index (χ0v) is 24.3. The molecule has 1 unspecified atom stereocenters. The van der Waals surface area contributed by atoms with E-state index < -0.39 is 45.8 Å². The summed E-state index contributed by atoms with van der Waals surface area (Å²) in [7, 11) is -4.03. The Labute approximate surface area is 242 Å². The molecule has 0 radical (unpaired) electrons. The van der Waals surface area contributed by atoms with Crippen LogP contribution in [0.2, 0.25) is 0 Å². The number of benzene rings is 3. The highest BCUT2D eigenvalue weighted by Gasteiger charge is 2.32. The molecule has 42 heavy (non-hydrogen) atoms. The standard InChI is InChI=1S/C29H31F3N2O7S/c1-18(2)25(26(35)41-28(3,4)5)34-42(37,38)24-16-8-20(9-17-24)19-6-12-22(13-7-19)39-27(36)33-21-10-14-23(15-11-21)40-29(30,31)32/h6-18,25,34H,1-5H3,(H,33,36). The summed E-state index contributed by atoms with van der Waals surface area (Å²) < 4.78 is 79.6. The highest BCUT2D eigenvalue weighted by Crippen LogP contribution is 2.26. The van der Waals surface area contributed by atoms with Crippen molar-refractivity contribution >= 4 is 27.8 Å². The molecule has 0 fully saturated rings. The molecule has 0 bridgehead atoms. The number of alkyl halides is 3. The second kappa shape index (κ2) is 12.8. The number of nitrogens with one attached hydrogen (secondary N) is 2. The zero-order valence-electron chi connectivity index (χ0n) is 23.5. The van der Waals surface area contributed by atoms with Crippen LogP contribution in [0.5, 0.6) is 11.5 Å². The Kier molecular flexibility index (Phi) is 9.90. The minimum Gasteiger partial charge on any atom is -0.459 e. The van der Waals surface area contributed by atoms with Crippen LogP contribution in [0.15, 0.2) is 77.7 Å². The van der Waals surface area contributed by atoms with Crippen molar-refractivity contribution in [2.75, 3.05) is 5.32 Å². The maximum absolute atomic E-state index is 13.0. The molecule has 0 heterocycles. The number of hydrogen-bond donors (Lipinski definition) is 2. The average Bonchev–Trinajstić information content (AvgIpc) is 2.87. The first kappa shape index (κ1) is 32.4. The number of amides is 1. The molecule has 9 nitrogen and oxygen atoms in total. The van der Waals surface area contributed by atoms with E-state index in [9.17, 15) is 31.2 Å². The normalized spacial score (nSPS) is 12.9. The van der Waals surface area contributed by atoms with Gasteiger partial charge < -0.3 is 14.2 Å². The summed E-state index contributed by atoms with van der Waals surface area (Å²) in [5.41, 5.74) is 0.806. The van der Waals surface area contributed by atoms with Gasteiger partial charge in [-0.05, 0) is 86.3 Å². The molecular formula is C29H31F3N2O7S. The lowest BCUT2D eigenvalue weighted by molar-refractivity contribution is -0.274. The lowest BCUT2D eigenvalue weighted by Gasteiger charge is -2.26. The van der Waals surface area contributed by atoms with Crippen molar-refractivity contribution in [3.63, 3.8) is 0 Å². The highest BCUT2D eigenvalue weighted by molar-refractivity contribution is 7.89. The van der Waals surface area contributed by atoms with Crippen LogP contribution >= 0.6 is 0 Å². The molecule has 0 aromatic heterocycles. The minimum atomic E-state index is -4.82. The van der Waals surface area contributed by atoms with Gasteiger partial charge in [-0.25, -0.2) is 13.2 Å². The number of carbonyl (C=O) groups is 2. The van der Waals surface area contributed by atoms with E-state index in [1.54, 1.807) is 58.9 Å². The zero-order chi connectivity index (χ0) is 31.3. The number of rotatable bonds is 9. The summed E-state index contributed by atoms with van der Waals surface area (Å²) in [6.45, 7) is 8.53. The van der Waals surface area contributed by atoms with Crippen molar-refractivity contribution < 1.29 is 45.4 Å². The molecule has 3 aromatic rings. The van der Waals surface area contributed by atoms with Crippen LogP contribution < -0.4 is 19.5 Å². The molecule has 1 atom stereocenters. The number of carbonyl (C=O) groups excluding carboxylic acids is 2. The second-order valence-electron chi connectivity index (χ2n) is 10.5. The first-order valence-corrected chi connectivity index (χ1v) is 14.2. The molecule has 0 spiro atoms. The fourth-order valence-corrected chi connectivity index (χ4v) is 4.92. The van der Waals surface area contributed by atoms with E-state index in [1.807, 2.05) is 0 Å². The summed E-state index contributed by atoms with van der Waals surface area (Å²) in [4.78, 5) is 24.7. The summed E-state index contributed by atoms with van der Waals surface area (Å²) >= 11 is 0. The Morgan fingerprint density at radius 2 is 1.29 bits per heavy atom. The third kappa shape index (κ3) is 9.77. The Balaban J connectivity index is 1.62. The molecule has 3 rings (SSSR count). The molecule has 0 aliphatic rings. The van der Waals surface area contributed by atoms with Crippen molar-refractivity contribution in [1.29, 1.82) is 0 Å². The van der Waals surface area contributed by atoms with Crippen molar-refractivity contribution in [1.82, 2.24) is 4.72 Å². The predicted molar refractivity (Wildman–Crippen MR) is 149 cm³/mol. The number of halogens is 3. The number of anilines is 1. The van der Waals surface area contributed by atoms with Gasteiger partial charge in [0.25, 0.3) is 0 Å². The molecule has 0 aliphatic carbocycles. The van der Waals surface area contributed by atoms with Crippen LogP contribution in [-0.2, 0) is 19.6 Å². The number of esters is 1. The van der Waals surface area contributed by atoms with Crippen molar-refractivity contribution in [2.45, 2.75) is 57.5 Å². The SMILES string of the molecule is CC(C)C(NS(=O)(=O)c1ccc(-c2ccc(OC(=O)Nc3ccc(OC(F)(F)F)cc3)cc2)cc1)C(=O)OC(C)(C)C. The molecule has 1 amide bonds. The monoisotopic (exact) mass is 608 g/mol. The first-order chi connectivity index (χ1) is 19.4. The van der Waals surface area contributed by atoms with E-state index >= 15 is 0 Å². The van der Waals surface area contributed by atoms with Crippen LogP contribution in [0.4, 0.5) is 23.7 Å². The van der Waals surface area contributed by atoms with E-state index in [2.05, 4.69) is 14.8 Å². The van der Waals surface area contributed by atoms with Gasteiger partial charge in [-0.15, -0.1) is 13.2 Å². The average molecular weight is 609 g/mol. The highest BCUT2D eigenvalue weighted by atomic mass is 32.2. The van der Waals surface area contributed by atoms with Gasteiger partial charge in [0.05, 0.1) is 4.90 Å². The van der Waals surface area contributed by atoms with Gasteiger partial charge in [0.2, 0.25) is 10.0 Å². The number of ether oxygens (including phenoxy) is 3. The fraction of sp³-hybridized carbons (Fsp3) is 0.310. The molecule has 2 N–H and O–H groups in total. The maximum Gasteiger partial charge on any atom is 0.573 e. The summed E-state index contributed by atoms with van der Waals surface area (Å²) in [6.07, 6.45) is -5.68. The smallest absolute Gasteiger partial charge is 0.459 e. The molecule has 0 saturated heterocycles. The van der Waals surface area contributed by atoms with E-state index in [1.165, 1.54) is 36.4 Å². The van der Waals surface area contributed by atoms with Gasteiger partial charge in [0, 0.05) is 5.69 Å². The maximum atomic E-state index is 13.0. The van der Waals surface area contributed by atoms with E-state index in [-0.39, 0.29) is 22.3 Å². The Morgan fingerprint density at radius 1 is 0.786 bits per heavy atom. The summed E-state index contributed by atoms with van der Waals surface area (Å²) in [5, 5.41) is 2.40. The Bertz CT molecular complexity index is 1480. The Hall–Kier alpha value is -4.10. The molecule has 226 valence electrons. The van der Waals surface area contributed by atoms with Crippen molar-refractivity contribution in [3.8, 4) is 22.6 Å². The molecule has 0 saturated carbocycles. The van der Waals surface area contributed by atoms with Gasteiger partial charge in [-0.2, -0.15) is 4.72 Å². The van der Waals surface area contributed by atoms with Crippen molar-refractivity contribution in [2.24, 2.45) is 5.92 Å². The fourth-order valence-electron chi connectivity index (χ4n) is 3.59. The second-order valence-corrected chi connectivity index (χ2v) is 12.2. The number of hydrogen-bond acceptors (Lipinski definition) is 7. The van der Waals surface area contributed by atoms with Crippen LogP contribution in [0.1, 0.15) is 34.6 Å². The van der Waals surface area contributed by atoms with E-state index in [4.69, 9.17) is 9.47 Å². The molecule has 13 heteroatoms. The minimum absolute atomic E-state index is 0.0323. The third-order valence-corrected chi connectivity index (χ3v) is 6.96. The van der Waals surface area contributed by atoms with Gasteiger partial charge in [0.15, 0.2) is 0 Å². The lowest BCUT2D eigenvalue weighted by Crippen LogP contribution is -2.47. The molecule has 0 aliphatic heterocycles. The van der Waals surface area contributed by atoms with Crippen LogP contribution in [0.25, 0.3) is 11.1 Å². The Morgan fingerprint density at radius 3 is 1.76 bits per heavy atom. The largest absolute Gasteiger partial charge is 0.573 e. The summed E-state index contributed by atoms with van der Waals surface area (Å²) in [5.74, 6) is -1.25. The predicted octanol–water partition coefficient (Wildman–Crippen LogP) is 6.51. The topological polar surface area (TPSA) is 120 Å². The van der Waals surface area contributed by atoms with Gasteiger partial charge in [-0.1, -0.05) is 38.1 Å². The third-order valence-electron chi connectivity index (χ3n) is 5.51. The van der Waals surface area contributed by atoms with Crippen LogP contribution in [0.3, 0.4) is 0 Å². The van der Waals surface area contributed by atoms with Crippen LogP contribution in [-0.4, -0.2) is 38.5 Å². The first-order valence-electron chi connectivity index (χ1n) is 12.7. The van der Waals surface area contributed by atoms with Crippen LogP contribution in [0, 0.1) is 5.92 Å².